The number of nitrogens with zero attached hydrogens (tertiary/aromatic N) is 11. The van der Waals surface area contributed by atoms with Gasteiger partial charge in [0.25, 0.3) is 17.7 Å². The number of aromatic amines is 3. The molecular weight excluding hydrogens is 1270 g/mol. The van der Waals surface area contributed by atoms with E-state index in [1.165, 1.54) is 62.3 Å². The summed E-state index contributed by atoms with van der Waals surface area (Å²) in [6.07, 6.45) is 17.0. The highest BCUT2D eigenvalue weighted by Crippen LogP contribution is 2.31. The Labute approximate surface area is 572 Å². The SMILES string of the molecule is CCCCc1ccc(NC(=O)c2cccc(CSc3ncnc4[nH]ncc34)c2)cc1.N#CC(c1ccccc1)c1ccc(NC(=O)c2cccc(CSc3ncnc4[nH]ncc34)c2)cc1.O=C(Nc1ccc(N2CCCCC2)cc1)c1cccc(CSc2ncnc3[nH]ncc23)c1. The van der Waals surface area contributed by atoms with Crippen LogP contribution in [0.5, 0.6) is 0 Å². The molecule has 1 atom stereocenters. The lowest BCUT2D eigenvalue weighted by Crippen LogP contribution is -2.29. The van der Waals surface area contributed by atoms with Gasteiger partial charge in [0.05, 0.1) is 46.7 Å². The molecule has 1 saturated heterocycles. The minimum atomic E-state index is -0.353. The molecule has 6 aromatic heterocycles. The Morgan fingerprint density at radius 1 is 0.474 bits per heavy atom. The third-order valence-corrected chi connectivity index (χ3v) is 19.2. The van der Waals surface area contributed by atoms with Gasteiger partial charge in [-0.1, -0.05) is 104 Å². The van der Waals surface area contributed by atoms with Crippen LogP contribution in [0.15, 0.2) is 229 Å². The van der Waals surface area contributed by atoms with Crippen molar-refractivity contribution in [3.8, 4) is 6.07 Å². The number of amides is 3. The Balaban J connectivity index is 0.000000139. The molecule has 1 aliphatic rings. The van der Waals surface area contributed by atoms with Crippen molar-refractivity contribution in [3.63, 3.8) is 0 Å². The Morgan fingerprint density at radius 3 is 1.29 bits per heavy atom. The molecule has 0 bridgehead atoms. The minimum Gasteiger partial charge on any atom is -0.372 e. The Kier molecular flexibility index (Phi) is 22.4. The van der Waals surface area contributed by atoms with E-state index < -0.39 is 0 Å². The highest BCUT2D eigenvalue weighted by atomic mass is 32.2. The van der Waals surface area contributed by atoms with Gasteiger partial charge in [0.1, 0.15) is 34.1 Å². The minimum absolute atomic E-state index is 0.109. The fourth-order valence-corrected chi connectivity index (χ4v) is 13.6. The zero-order valence-corrected chi connectivity index (χ0v) is 55.4. The fourth-order valence-electron chi connectivity index (χ4n) is 10.8. The number of aromatic nitrogens is 12. The third-order valence-electron chi connectivity index (χ3n) is 16.0. The number of thioether (sulfide) groups is 3. The molecule has 1 unspecified atom stereocenters. The molecule has 1 fully saturated rings. The van der Waals surface area contributed by atoms with Crippen molar-refractivity contribution in [2.24, 2.45) is 0 Å². The van der Waals surface area contributed by atoms with E-state index in [1.807, 2.05) is 146 Å². The number of carbonyl (C=O) groups is 3. The molecule has 0 aliphatic carbocycles. The Bertz CT molecular complexity index is 4820. The van der Waals surface area contributed by atoms with Gasteiger partial charge in [-0.15, -0.1) is 35.3 Å². The predicted molar refractivity (Wildman–Crippen MR) is 385 cm³/mol. The van der Waals surface area contributed by atoms with Crippen LogP contribution < -0.4 is 20.9 Å². The van der Waals surface area contributed by atoms with Crippen LogP contribution in [-0.2, 0) is 23.7 Å². The van der Waals surface area contributed by atoms with Crippen LogP contribution in [0.1, 0.15) is 109 Å². The van der Waals surface area contributed by atoms with Crippen molar-refractivity contribution < 1.29 is 14.4 Å². The summed E-state index contributed by atoms with van der Waals surface area (Å²) in [5.74, 6) is 1.29. The number of rotatable bonds is 21. The van der Waals surface area contributed by atoms with Crippen LogP contribution in [0.25, 0.3) is 33.1 Å². The van der Waals surface area contributed by atoms with E-state index in [0.29, 0.717) is 45.3 Å². The van der Waals surface area contributed by atoms with E-state index in [9.17, 15) is 19.6 Å². The molecule has 0 spiro atoms. The summed E-state index contributed by atoms with van der Waals surface area (Å²) >= 11 is 4.76. The first kappa shape index (κ1) is 66.0. The molecule has 6 N–H and O–H groups in total. The van der Waals surface area contributed by atoms with Crippen molar-refractivity contribution in [2.75, 3.05) is 33.9 Å². The van der Waals surface area contributed by atoms with Crippen molar-refractivity contribution in [1.82, 2.24) is 60.5 Å². The van der Waals surface area contributed by atoms with Crippen molar-refractivity contribution in [2.45, 2.75) is 83.7 Å². The van der Waals surface area contributed by atoms with Gasteiger partial charge in [0.15, 0.2) is 16.9 Å². The zero-order valence-electron chi connectivity index (χ0n) is 52.9. The number of benzene rings is 7. The number of H-pyrrole nitrogens is 3. The number of carbonyl (C=O) groups excluding carboxylic acids is 3. The Hall–Kier alpha value is -11.1. The molecule has 484 valence electrons. The maximum atomic E-state index is 12.9. The summed E-state index contributed by atoms with van der Waals surface area (Å²) < 4.78 is 0. The molecule has 20 nitrogen and oxygen atoms in total. The van der Waals surface area contributed by atoms with Crippen molar-refractivity contribution >= 4 is 109 Å². The molecule has 3 amide bonds. The lowest BCUT2D eigenvalue weighted by molar-refractivity contribution is 0.101. The molecule has 7 aromatic carbocycles. The zero-order chi connectivity index (χ0) is 66.6. The average Bonchev–Trinajstić information content (AvgIpc) is 2.10. The normalized spacial score (nSPS) is 12.2. The molecule has 13 aromatic rings. The number of unbranched alkanes of at least 4 members (excludes halogenated alkanes) is 1. The smallest absolute Gasteiger partial charge is 0.255 e. The van der Waals surface area contributed by atoms with Crippen LogP contribution in [0.2, 0.25) is 0 Å². The highest BCUT2D eigenvalue weighted by Gasteiger charge is 2.17. The fraction of sp³-hybridized carbons (Fsp3) is 0.176. The van der Waals surface area contributed by atoms with Gasteiger partial charge >= 0.3 is 0 Å². The number of fused-ring (bicyclic) bond motifs is 3. The molecule has 14 rings (SSSR count). The number of nitrogens with one attached hydrogen (secondary N) is 6. The lowest BCUT2D eigenvalue weighted by Gasteiger charge is -2.28. The maximum Gasteiger partial charge on any atom is 0.255 e. The van der Waals surface area contributed by atoms with Gasteiger partial charge in [0.2, 0.25) is 0 Å². The first-order chi connectivity index (χ1) is 47.7. The number of anilines is 4. The monoisotopic (exact) mass is 1340 g/mol. The second-order valence-corrected chi connectivity index (χ2v) is 25.6. The second kappa shape index (κ2) is 32.9. The van der Waals surface area contributed by atoms with Crippen LogP contribution in [0, 0.1) is 11.3 Å². The van der Waals surface area contributed by atoms with E-state index in [4.69, 9.17) is 0 Å². The second-order valence-electron chi connectivity index (χ2n) is 22.8. The molecule has 7 heterocycles. The van der Waals surface area contributed by atoms with E-state index in [2.05, 4.69) is 119 Å². The van der Waals surface area contributed by atoms with Crippen LogP contribution in [0.3, 0.4) is 0 Å². The number of nitriles is 1. The first-order valence-electron chi connectivity index (χ1n) is 31.7. The van der Waals surface area contributed by atoms with Gasteiger partial charge in [-0.05, 0) is 150 Å². The maximum absolute atomic E-state index is 12.9. The molecule has 97 heavy (non-hydrogen) atoms. The predicted octanol–water partition coefficient (Wildman–Crippen LogP) is 15.7. The summed E-state index contributed by atoms with van der Waals surface area (Å²) in [6, 6.07) is 58.6. The van der Waals surface area contributed by atoms with E-state index in [0.717, 1.165) is 101 Å². The van der Waals surface area contributed by atoms with E-state index in [-0.39, 0.29) is 23.6 Å². The molecule has 1 aliphatic heterocycles. The van der Waals surface area contributed by atoms with Gasteiger partial charge in [-0.3, -0.25) is 29.7 Å². The lowest BCUT2D eigenvalue weighted by atomic mass is 9.92. The quantitative estimate of drug-likeness (QED) is 0.0288. The van der Waals surface area contributed by atoms with Gasteiger partial charge in [-0.25, -0.2) is 29.9 Å². The molecule has 0 saturated carbocycles. The summed E-state index contributed by atoms with van der Waals surface area (Å²) in [5.41, 5.74) is 13.7. The van der Waals surface area contributed by atoms with Gasteiger partial charge in [0, 0.05) is 69.8 Å². The third kappa shape index (κ3) is 17.7. The van der Waals surface area contributed by atoms with Crippen LogP contribution in [0.4, 0.5) is 22.7 Å². The standard InChI is InChI=1S/C27H20N6OS.C24H24N6OS.C23H23N5OS/c28-14-23(19-6-2-1-3-7-19)20-9-11-22(12-10-20)32-26(34)21-8-4-5-18(13-21)16-35-27-24-15-31-33-25(24)29-17-30-27;31-23(28-19-7-9-20(10-8-19)30-11-2-1-3-12-30)18-6-4-5-17(13-18)15-32-24-21-14-27-29-22(21)25-16-26-24;1-2-3-5-16-8-10-19(11-9-16)27-22(29)18-7-4-6-17(12-18)14-30-23-20-13-26-28-21(20)24-15-25-23/h1-13,15,17,23H,16H2,(H,32,34)(H,29,30,31,33);4-10,13-14,16H,1-3,11-12,15H2,(H,28,31)(H,25,26,27,29);4,6-13,15H,2-3,5,14H2,1H3,(H,27,29)(H,24,25,26,28). The summed E-state index contributed by atoms with van der Waals surface area (Å²) in [7, 11) is 0. The summed E-state index contributed by atoms with van der Waals surface area (Å²) in [4.78, 5) is 66.3. The number of aryl methyl sites for hydroxylation is 1. The van der Waals surface area contributed by atoms with E-state index >= 15 is 0 Å². The number of piperidine rings is 1. The van der Waals surface area contributed by atoms with Gasteiger partial charge in [-0.2, -0.15) is 20.6 Å². The van der Waals surface area contributed by atoms with E-state index in [1.54, 1.807) is 59.9 Å². The average molecular weight is 1340 g/mol. The number of hydrogen-bond acceptors (Lipinski definition) is 17. The van der Waals surface area contributed by atoms with Crippen molar-refractivity contribution in [1.29, 1.82) is 5.26 Å². The Morgan fingerprint density at radius 2 is 0.876 bits per heavy atom. The molecule has 0 radical (unpaired) electrons. The summed E-state index contributed by atoms with van der Waals surface area (Å²) in [6.45, 7) is 4.40. The number of hydrogen-bond donors (Lipinski definition) is 6. The van der Waals surface area contributed by atoms with Crippen molar-refractivity contribution in [3.05, 3.63) is 264 Å². The van der Waals surface area contributed by atoms with Crippen LogP contribution >= 0.6 is 35.3 Å². The topological polar surface area (TPSA) is 278 Å². The summed E-state index contributed by atoms with van der Waals surface area (Å²) in [5, 5.41) is 44.5. The molecular formula is C74H67N17O3S3. The van der Waals surface area contributed by atoms with Crippen LogP contribution in [-0.4, -0.2) is 91.3 Å². The first-order valence-corrected chi connectivity index (χ1v) is 34.7. The molecule has 23 heteroatoms. The van der Waals surface area contributed by atoms with Gasteiger partial charge < -0.3 is 20.9 Å². The highest BCUT2D eigenvalue weighted by molar-refractivity contribution is 7.99. The largest absolute Gasteiger partial charge is 0.372 e.